The highest BCUT2D eigenvalue weighted by Gasteiger charge is 2.13. The molecule has 0 spiro atoms. The van der Waals surface area contributed by atoms with Gasteiger partial charge in [0, 0.05) is 10.5 Å². The molecule has 1 atom stereocenters. The zero-order valence-electron chi connectivity index (χ0n) is 11.7. The molecule has 104 valence electrons. The maximum Gasteiger partial charge on any atom is 0.252 e. The van der Waals surface area contributed by atoms with Crippen LogP contribution in [0.1, 0.15) is 28.4 Å². The van der Waals surface area contributed by atoms with E-state index in [1.165, 1.54) is 11.1 Å². The van der Waals surface area contributed by atoms with Gasteiger partial charge in [0.1, 0.15) is 0 Å². The number of carbonyl (C=O) groups is 1. The molecule has 0 heterocycles. The molecule has 0 aliphatic heterocycles. The molecule has 1 N–H and O–H groups in total. The summed E-state index contributed by atoms with van der Waals surface area (Å²) in [4.78, 5) is 12.2. The third-order valence-corrected chi connectivity index (χ3v) is 3.97. The Morgan fingerprint density at radius 2 is 1.80 bits per heavy atom. The molecule has 20 heavy (non-hydrogen) atoms. The van der Waals surface area contributed by atoms with Crippen LogP contribution in [0, 0.1) is 6.92 Å². The second kappa shape index (κ2) is 6.71. The van der Waals surface area contributed by atoms with Crippen molar-refractivity contribution >= 4 is 21.8 Å². The number of rotatable bonds is 4. The largest absolute Gasteiger partial charge is 0.349 e. The van der Waals surface area contributed by atoms with Crippen LogP contribution in [0.15, 0.2) is 53.0 Å². The molecule has 0 aliphatic carbocycles. The number of hydrogen-bond donors (Lipinski definition) is 1. The van der Waals surface area contributed by atoms with Gasteiger partial charge in [0.25, 0.3) is 5.91 Å². The van der Waals surface area contributed by atoms with Crippen LogP contribution >= 0.6 is 15.9 Å². The highest BCUT2D eigenvalue weighted by molar-refractivity contribution is 9.10. The van der Waals surface area contributed by atoms with Crippen molar-refractivity contribution < 1.29 is 4.79 Å². The second-order valence-electron chi connectivity index (χ2n) is 4.98. The van der Waals surface area contributed by atoms with Gasteiger partial charge in [0.05, 0.1) is 5.56 Å². The highest BCUT2D eigenvalue weighted by Crippen LogP contribution is 2.16. The van der Waals surface area contributed by atoms with Gasteiger partial charge < -0.3 is 5.32 Å². The number of aryl methyl sites for hydroxylation is 1. The minimum atomic E-state index is -0.0430. The molecule has 0 radical (unpaired) electrons. The van der Waals surface area contributed by atoms with Gasteiger partial charge in [0.15, 0.2) is 0 Å². The maximum atomic E-state index is 12.2. The molecule has 2 rings (SSSR count). The number of halogens is 1. The van der Waals surface area contributed by atoms with E-state index in [1.807, 2.05) is 43.3 Å². The van der Waals surface area contributed by atoms with E-state index in [-0.39, 0.29) is 11.9 Å². The molecular weight excluding hydrogens is 314 g/mol. The summed E-state index contributed by atoms with van der Waals surface area (Å²) in [6.07, 6.45) is 0.836. The normalized spacial score (nSPS) is 11.9. The summed E-state index contributed by atoms with van der Waals surface area (Å²) in [5.41, 5.74) is 3.20. The van der Waals surface area contributed by atoms with Crippen LogP contribution in [0.5, 0.6) is 0 Å². The molecule has 2 aromatic carbocycles. The minimum Gasteiger partial charge on any atom is -0.349 e. The molecule has 0 aliphatic rings. The topological polar surface area (TPSA) is 29.1 Å². The van der Waals surface area contributed by atoms with Crippen LogP contribution in [0.25, 0.3) is 0 Å². The van der Waals surface area contributed by atoms with E-state index in [2.05, 4.69) is 40.3 Å². The summed E-state index contributed by atoms with van der Waals surface area (Å²) < 4.78 is 0.820. The van der Waals surface area contributed by atoms with Gasteiger partial charge in [-0.15, -0.1) is 0 Å². The van der Waals surface area contributed by atoms with Gasteiger partial charge in [-0.1, -0.05) is 36.4 Å². The first-order chi connectivity index (χ1) is 9.58. The average Bonchev–Trinajstić information content (AvgIpc) is 2.41. The Bertz CT molecular complexity index is 609. The standard InChI is InChI=1S/C17H18BrNO/c1-12-7-3-4-8-14(12)11-13(2)19-17(20)15-9-5-6-10-16(15)18/h3-10,13H,11H2,1-2H3,(H,19,20). The molecular formula is C17H18BrNO. The van der Waals surface area contributed by atoms with Crippen LogP contribution in [0.4, 0.5) is 0 Å². The summed E-state index contributed by atoms with van der Waals surface area (Å²) in [7, 11) is 0. The quantitative estimate of drug-likeness (QED) is 0.897. The maximum absolute atomic E-state index is 12.2. The molecule has 1 unspecified atom stereocenters. The summed E-state index contributed by atoms with van der Waals surface area (Å²) in [6.45, 7) is 4.12. The Morgan fingerprint density at radius 3 is 2.50 bits per heavy atom. The molecule has 0 bridgehead atoms. The molecule has 2 nitrogen and oxygen atoms in total. The zero-order chi connectivity index (χ0) is 14.5. The van der Waals surface area contributed by atoms with Gasteiger partial charge in [-0.25, -0.2) is 0 Å². The predicted molar refractivity (Wildman–Crippen MR) is 86.0 cm³/mol. The molecule has 2 aromatic rings. The van der Waals surface area contributed by atoms with Gasteiger partial charge in [-0.05, 0) is 59.5 Å². The van der Waals surface area contributed by atoms with E-state index in [9.17, 15) is 4.79 Å². The molecule has 3 heteroatoms. The number of hydrogen-bond acceptors (Lipinski definition) is 1. The van der Waals surface area contributed by atoms with Crippen molar-refractivity contribution in [1.29, 1.82) is 0 Å². The molecule has 1 amide bonds. The smallest absolute Gasteiger partial charge is 0.252 e. The average molecular weight is 332 g/mol. The third kappa shape index (κ3) is 3.70. The summed E-state index contributed by atoms with van der Waals surface area (Å²) in [5, 5.41) is 3.04. The number of amides is 1. The highest BCUT2D eigenvalue weighted by atomic mass is 79.9. The van der Waals surface area contributed by atoms with Gasteiger partial charge in [-0.2, -0.15) is 0 Å². The Kier molecular flexibility index (Phi) is 4.96. The van der Waals surface area contributed by atoms with Crippen LogP contribution in [0.2, 0.25) is 0 Å². The van der Waals surface area contributed by atoms with E-state index in [1.54, 1.807) is 0 Å². The van der Waals surface area contributed by atoms with Crippen molar-refractivity contribution in [2.75, 3.05) is 0 Å². The van der Waals surface area contributed by atoms with E-state index in [0.717, 1.165) is 10.9 Å². The van der Waals surface area contributed by atoms with E-state index in [4.69, 9.17) is 0 Å². The lowest BCUT2D eigenvalue weighted by molar-refractivity contribution is 0.0939. The lowest BCUT2D eigenvalue weighted by atomic mass is 10.0. The first-order valence-corrected chi connectivity index (χ1v) is 7.47. The molecule has 0 fully saturated rings. The Labute approximate surface area is 128 Å². The van der Waals surface area contributed by atoms with Gasteiger partial charge in [0.2, 0.25) is 0 Å². The van der Waals surface area contributed by atoms with E-state index in [0.29, 0.717) is 5.56 Å². The number of carbonyl (C=O) groups excluding carboxylic acids is 1. The Morgan fingerprint density at radius 1 is 1.15 bits per heavy atom. The lowest BCUT2D eigenvalue weighted by Crippen LogP contribution is -2.34. The number of benzene rings is 2. The Balaban J connectivity index is 2.02. The summed E-state index contributed by atoms with van der Waals surface area (Å²) in [5.74, 6) is -0.0430. The minimum absolute atomic E-state index is 0.0430. The molecule has 0 aromatic heterocycles. The summed E-state index contributed by atoms with van der Waals surface area (Å²) in [6, 6.07) is 15.8. The number of nitrogens with one attached hydrogen (secondary N) is 1. The first kappa shape index (κ1) is 14.8. The Hall–Kier alpha value is -1.61. The second-order valence-corrected chi connectivity index (χ2v) is 5.84. The third-order valence-electron chi connectivity index (χ3n) is 3.28. The summed E-state index contributed by atoms with van der Waals surface area (Å²) >= 11 is 3.40. The van der Waals surface area contributed by atoms with Crippen molar-refractivity contribution in [2.24, 2.45) is 0 Å². The fourth-order valence-electron chi connectivity index (χ4n) is 2.17. The van der Waals surface area contributed by atoms with Gasteiger partial charge >= 0.3 is 0 Å². The van der Waals surface area contributed by atoms with Crippen LogP contribution < -0.4 is 5.32 Å². The van der Waals surface area contributed by atoms with Crippen molar-refractivity contribution in [2.45, 2.75) is 26.3 Å². The monoisotopic (exact) mass is 331 g/mol. The van der Waals surface area contributed by atoms with Crippen LogP contribution in [-0.2, 0) is 6.42 Å². The van der Waals surface area contributed by atoms with Crippen molar-refractivity contribution in [1.82, 2.24) is 5.32 Å². The van der Waals surface area contributed by atoms with E-state index < -0.39 is 0 Å². The lowest BCUT2D eigenvalue weighted by Gasteiger charge is -2.16. The zero-order valence-corrected chi connectivity index (χ0v) is 13.3. The van der Waals surface area contributed by atoms with Crippen molar-refractivity contribution in [3.8, 4) is 0 Å². The first-order valence-electron chi connectivity index (χ1n) is 6.68. The predicted octanol–water partition coefficient (Wildman–Crippen LogP) is 4.12. The van der Waals surface area contributed by atoms with E-state index >= 15 is 0 Å². The fraction of sp³-hybridized carbons (Fsp3) is 0.235. The van der Waals surface area contributed by atoms with Crippen molar-refractivity contribution in [3.63, 3.8) is 0 Å². The van der Waals surface area contributed by atoms with Gasteiger partial charge in [-0.3, -0.25) is 4.79 Å². The molecule has 0 saturated carbocycles. The SMILES string of the molecule is Cc1ccccc1CC(C)NC(=O)c1ccccc1Br. The fourth-order valence-corrected chi connectivity index (χ4v) is 2.63. The molecule has 0 saturated heterocycles. The van der Waals surface area contributed by atoms with Crippen LogP contribution in [-0.4, -0.2) is 11.9 Å². The van der Waals surface area contributed by atoms with Crippen LogP contribution in [0.3, 0.4) is 0 Å². The van der Waals surface area contributed by atoms with Crippen molar-refractivity contribution in [3.05, 3.63) is 69.7 Å².